The van der Waals surface area contributed by atoms with E-state index in [1.807, 2.05) is 4.90 Å². The fourth-order valence-corrected chi connectivity index (χ4v) is 4.77. The molecule has 2 aromatic rings. The van der Waals surface area contributed by atoms with Crippen molar-refractivity contribution in [3.05, 3.63) is 52.8 Å². The summed E-state index contributed by atoms with van der Waals surface area (Å²) in [5, 5.41) is 0.469. The van der Waals surface area contributed by atoms with Crippen molar-refractivity contribution in [1.82, 2.24) is 14.9 Å². The summed E-state index contributed by atoms with van der Waals surface area (Å²) in [7, 11) is 0. The van der Waals surface area contributed by atoms with Crippen LogP contribution in [0.25, 0.3) is 0 Å². The topological polar surface area (TPSA) is 58.6 Å². The van der Waals surface area contributed by atoms with Crippen LogP contribution in [0.4, 0.5) is 14.7 Å². The van der Waals surface area contributed by atoms with Crippen molar-refractivity contribution in [1.29, 1.82) is 0 Å². The van der Waals surface area contributed by atoms with Crippen molar-refractivity contribution >= 4 is 23.5 Å². The second-order valence-electron chi connectivity index (χ2n) is 7.76. The quantitative estimate of drug-likeness (QED) is 0.744. The summed E-state index contributed by atoms with van der Waals surface area (Å²) >= 11 is 5.85. The van der Waals surface area contributed by atoms with Crippen LogP contribution in [0.5, 0.6) is 0 Å². The Kier molecular flexibility index (Phi) is 4.43. The van der Waals surface area contributed by atoms with Gasteiger partial charge in [-0.3, -0.25) is 4.79 Å². The molecule has 0 radical (unpaired) electrons. The van der Waals surface area contributed by atoms with E-state index in [1.54, 1.807) is 17.3 Å². The van der Waals surface area contributed by atoms with Gasteiger partial charge in [0.1, 0.15) is 17.9 Å². The van der Waals surface area contributed by atoms with Crippen LogP contribution in [0, 0.1) is 11.6 Å². The number of fused-ring (bicyclic) bond motifs is 1. The number of halogens is 3. The van der Waals surface area contributed by atoms with Gasteiger partial charge in [-0.25, -0.2) is 18.7 Å². The van der Waals surface area contributed by atoms with Gasteiger partial charge in [-0.1, -0.05) is 11.6 Å². The number of aromatic nitrogens is 2. The van der Waals surface area contributed by atoms with E-state index >= 15 is 0 Å². The molecule has 0 saturated carbocycles. The summed E-state index contributed by atoms with van der Waals surface area (Å²) in [6, 6.07) is 3.08. The molecule has 29 heavy (non-hydrogen) atoms. The molecule has 0 unspecified atom stereocenters. The molecule has 5 rings (SSSR count). The van der Waals surface area contributed by atoms with Gasteiger partial charge < -0.3 is 14.5 Å². The van der Waals surface area contributed by atoms with Gasteiger partial charge in [0, 0.05) is 32.0 Å². The monoisotopic (exact) mass is 420 g/mol. The normalized spacial score (nSPS) is 25.7. The zero-order valence-electron chi connectivity index (χ0n) is 15.5. The van der Waals surface area contributed by atoms with Crippen LogP contribution in [-0.4, -0.2) is 45.7 Å². The maximum absolute atomic E-state index is 13.7. The summed E-state index contributed by atoms with van der Waals surface area (Å²) in [6.45, 7) is 1.15. The van der Waals surface area contributed by atoms with Gasteiger partial charge in [-0.15, -0.1) is 0 Å². The first kappa shape index (κ1) is 18.7. The third-order valence-electron chi connectivity index (χ3n) is 6.05. The first-order valence-corrected chi connectivity index (χ1v) is 10.0. The first-order valence-electron chi connectivity index (χ1n) is 9.64. The number of anilines is 1. The summed E-state index contributed by atoms with van der Waals surface area (Å²) in [4.78, 5) is 25.5. The van der Waals surface area contributed by atoms with E-state index in [0.717, 1.165) is 6.07 Å². The van der Waals surface area contributed by atoms with E-state index in [1.165, 1.54) is 12.1 Å². The van der Waals surface area contributed by atoms with Gasteiger partial charge >= 0.3 is 0 Å². The molecular weight excluding hydrogens is 402 g/mol. The van der Waals surface area contributed by atoms with Crippen LogP contribution >= 0.6 is 11.6 Å². The Morgan fingerprint density at radius 3 is 2.38 bits per heavy atom. The van der Waals surface area contributed by atoms with E-state index in [4.69, 9.17) is 16.3 Å². The minimum atomic E-state index is -0.891. The van der Waals surface area contributed by atoms with Crippen molar-refractivity contribution in [3.63, 3.8) is 0 Å². The number of carbonyl (C=O) groups excluding carboxylic acids is 1. The van der Waals surface area contributed by atoms with Gasteiger partial charge in [0.2, 0.25) is 5.95 Å². The van der Waals surface area contributed by atoms with E-state index in [2.05, 4.69) is 9.97 Å². The fourth-order valence-electron chi connectivity index (χ4n) is 4.68. The minimum Gasteiger partial charge on any atom is -0.342 e. The average Bonchev–Trinajstić information content (AvgIpc) is 3.21. The Labute approximate surface area is 171 Å². The Morgan fingerprint density at radius 2 is 1.72 bits per heavy atom. The molecular formula is C20H19ClF2N4O2. The highest BCUT2D eigenvalue weighted by Gasteiger charge is 2.58. The van der Waals surface area contributed by atoms with E-state index in [9.17, 15) is 13.6 Å². The smallest absolute Gasteiger partial charge is 0.257 e. The van der Waals surface area contributed by atoms with Crippen LogP contribution in [0.15, 0.2) is 30.6 Å². The summed E-state index contributed by atoms with van der Waals surface area (Å²) in [5.74, 6) is -0.793. The number of ether oxygens (including phenoxy) is 1. The molecule has 1 spiro atoms. The molecule has 2 atom stereocenters. The molecule has 0 bridgehead atoms. The lowest BCUT2D eigenvalue weighted by Crippen LogP contribution is -2.50. The van der Waals surface area contributed by atoms with Crippen molar-refractivity contribution in [2.24, 2.45) is 0 Å². The Morgan fingerprint density at radius 1 is 1.07 bits per heavy atom. The molecule has 1 aromatic carbocycles. The maximum Gasteiger partial charge on any atom is 0.257 e. The molecule has 0 aliphatic carbocycles. The molecule has 1 amide bonds. The summed E-state index contributed by atoms with van der Waals surface area (Å²) < 4.78 is 33.6. The molecule has 4 heterocycles. The third-order valence-corrected chi connectivity index (χ3v) is 6.24. The number of nitrogens with zero attached hydrogens (tertiary/aromatic N) is 4. The van der Waals surface area contributed by atoms with Gasteiger partial charge in [-0.2, -0.15) is 0 Å². The zero-order valence-corrected chi connectivity index (χ0v) is 16.3. The van der Waals surface area contributed by atoms with Crippen LogP contribution in [0.3, 0.4) is 0 Å². The van der Waals surface area contributed by atoms with Gasteiger partial charge in [0.25, 0.3) is 5.91 Å². The molecule has 152 valence electrons. The summed E-state index contributed by atoms with van der Waals surface area (Å²) in [5.41, 5.74) is -0.413. The first-order chi connectivity index (χ1) is 13.9. The van der Waals surface area contributed by atoms with Crippen molar-refractivity contribution in [2.75, 3.05) is 18.0 Å². The number of benzene rings is 1. The Bertz CT molecular complexity index is 930. The fraction of sp³-hybridized carbons (Fsp3) is 0.450. The molecule has 3 fully saturated rings. The van der Waals surface area contributed by atoms with Crippen molar-refractivity contribution in [3.8, 4) is 0 Å². The standard InChI is InChI=1S/C20H19ClF2N4O2/c21-13-10-24-19(25-11-13)26-5-3-20(4-6-26)18(28)27-16(1-2-17(27)29-20)12-7-14(22)9-15(23)8-12/h7-11,16-17H,1-6H2/t16-,17+/m0/s1. The van der Waals surface area contributed by atoms with E-state index in [-0.39, 0.29) is 18.2 Å². The highest BCUT2D eigenvalue weighted by molar-refractivity contribution is 6.30. The van der Waals surface area contributed by atoms with E-state index in [0.29, 0.717) is 55.3 Å². The molecule has 1 aromatic heterocycles. The van der Waals surface area contributed by atoms with Gasteiger partial charge in [0.15, 0.2) is 5.60 Å². The molecule has 6 nitrogen and oxygen atoms in total. The van der Waals surface area contributed by atoms with Crippen LogP contribution < -0.4 is 4.90 Å². The van der Waals surface area contributed by atoms with Gasteiger partial charge in [-0.05, 0) is 30.5 Å². The van der Waals surface area contributed by atoms with Crippen LogP contribution in [0.2, 0.25) is 5.02 Å². The third kappa shape index (κ3) is 3.14. The SMILES string of the molecule is O=C1N2[C@@H](CC[C@H]2c2cc(F)cc(F)c2)OC12CCN(c1ncc(Cl)cn1)CC2. The predicted octanol–water partition coefficient (Wildman–Crippen LogP) is 3.47. The number of hydrogen-bond donors (Lipinski definition) is 0. The molecule has 3 saturated heterocycles. The van der Waals surface area contributed by atoms with Crippen LogP contribution in [-0.2, 0) is 9.53 Å². The second-order valence-corrected chi connectivity index (χ2v) is 8.20. The van der Waals surface area contributed by atoms with Crippen molar-refractivity contribution < 1.29 is 18.3 Å². The number of hydrogen-bond acceptors (Lipinski definition) is 5. The highest BCUT2D eigenvalue weighted by Crippen LogP contribution is 2.47. The lowest BCUT2D eigenvalue weighted by Gasteiger charge is -2.37. The summed E-state index contributed by atoms with van der Waals surface area (Å²) in [6.07, 6.45) is 5.04. The average molecular weight is 421 g/mol. The largest absolute Gasteiger partial charge is 0.342 e. The molecule has 9 heteroatoms. The van der Waals surface area contributed by atoms with Crippen molar-refractivity contribution in [2.45, 2.75) is 43.6 Å². The van der Waals surface area contributed by atoms with E-state index < -0.39 is 17.2 Å². The lowest BCUT2D eigenvalue weighted by atomic mass is 9.89. The molecule has 0 N–H and O–H groups in total. The zero-order chi connectivity index (χ0) is 20.2. The Balaban J connectivity index is 1.34. The number of piperidine rings is 1. The maximum atomic E-state index is 13.7. The molecule has 3 aliphatic heterocycles. The lowest BCUT2D eigenvalue weighted by molar-refractivity contribution is -0.140. The predicted molar refractivity (Wildman–Crippen MR) is 101 cm³/mol. The number of amides is 1. The van der Waals surface area contributed by atoms with Gasteiger partial charge in [0.05, 0.1) is 23.5 Å². The second kappa shape index (κ2) is 6.88. The molecule has 3 aliphatic rings. The Hall–Kier alpha value is -2.32. The minimum absolute atomic E-state index is 0.0913. The van der Waals surface area contributed by atoms with Crippen LogP contribution in [0.1, 0.15) is 37.3 Å². The highest BCUT2D eigenvalue weighted by atomic mass is 35.5. The number of carbonyl (C=O) groups is 1. The number of rotatable bonds is 2.